The quantitative estimate of drug-likeness (QED) is 0.640. The van der Waals surface area contributed by atoms with Gasteiger partial charge in [-0.25, -0.2) is 9.78 Å². The van der Waals surface area contributed by atoms with Crippen molar-refractivity contribution in [2.45, 2.75) is 51.0 Å². The lowest BCUT2D eigenvalue weighted by Gasteiger charge is -2.42. The van der Waals surface area contributed by atoms with Gasteiger partial charge in [-0.3, -0.25) is 0 Å². The number of aromatic nitrogens is 2. The summed E-state index contributed by atoms with van der Waals surface area (Å²) in [5.74, 6) is 0.617. The number of fused-ring (bicyclic) bond motifs is 1. The molecule has 122 valence electrons. The maximum Gasteiger partial charge on any atom is 0.354 e. The van der Waals surface area contributed by atoms with Gasteiger partial charge in [-0.1, -0.05) is 32.1 Å². The Morgan fingerprint density at radius 1 is 1.27 bits per heavy atom. The van der Waals surface area contributed by atoms with E-state index < -0.39 is 11.1 Å². The summed E-state index contributed by atoms with van der Waals surface area (Å²) in [7, 11) is 0. The fraction of sp³-hybridized carbons (Fsp3) is 0.714. The van der Waals surface area contributed by atoms with Crippen molar-refractivity contribution in [1.82, 2.24) is 9.55 Å². The van der Waals surface area contributed by atoms with Gasteiger partial charge >= 0.3 is 5.97 Å². The van der Waals surface area contributed by atoms with E-state index in [0.717, 1.165) is 12.3 Å². The molecule has 22 heavy (non-hydrogen) atoms. The van der Waals surface area contributed by atoms with Crippen LogP contribution in [-0.4, -0.2) is 30.9 Å². The summed E-state index contributed by atoms with van der Waals surface area (Å²) in [4.78, 5) is 23.6. The summed E-state index contributed by atoms with van der Waals surface area (Å²) >= 11 is 0. The SMILES string of the molecule is O=C(O)c1cncn1[C@@H]1CCC[C@H]2CCCC[C@@H]21.O=[N+]([O-])O. The number of carbonyl (C=O) groups is 1. The Hall–Kier alpha value is -2.12. The number of carboxylic acid groups (broad SMARTS) is 1. The predicted octanol–water partition coefficient (Wildman–Crippen LogP) is 2.77. The molecule has 0 amide bonds. The van der Waals surface area contributed by atoms with Crippen molar-refractivity contribution in [2.24, 2.45) is 11.8 Å². The fourth-order valence-corrected chi connectivity index (χ4v) is 3.98. The lowest BCUT2D eigenvalue weighted by atomic mass is 9.68. The Kier molecular flexibility index (Phi) is 5.35. The molecule has 0 spiro atoms. The van der Waals surface area contributed by atoms with Crippen LogP contribution in [0.1, 0.15) is 61.5 Å². The smallest absolute Gasteiger partial charge is 0.354 e. The second-order valence-electron chi connectivity index (χ2n) is 5.94. The molecule has 1 heterocycles. The molecule has 0 aliphatic heterocycles. The average molecular weight is 311 g/mol. The Morgan fingerprint density at radius 2 is 1.91 bits per heavy atom. The van der Waals surface area contributed by atoms with Crippen LogP contribution in [0.4, 0.5) is 0 Å². The Bertz CT molecular complexity index is 524. The van der Waals surface area contributed by atoms with Gasteiger partial charge in [0.2, 0.25) is 0 Å². The molecule has 0 radical (unpaired) electrons. The van der Waals surface area contributed by atoms with Crippen molar-refractivity contribution in [3.05, 3.63) is 28.3 Å². The summed E-state index contributed by atoms with van der Waals surface area (Å²) in [6.07, 6.45) is 12.1. The first-order valence-corrected chi connectivity index (χ1v) is 7.59. The number of rotatable bonds is 2. The van der Waals surface area contributed by atoms with Crippen LogP contribution in [0.5, 0.6) is 0 Å². The lowest BCUT2D eigenvalue weighted by Crippen LogP contribution is -2.33. The van der Waals surface area contributed by atoms with Crippen LogP contribution in [0, 0.1) is 22.0 Å². The second kappa shape index (κ2) is 7.24. The normalized spacial score (nSPS) is 27.2. The van der Waals surface area contributed by atoms with Gasteiger partial charge < -0.3 is 14.9 Å². The molecule has 0 saturated heterocycles. The van der Waals surface area contributed by atoms with Gasteiger partial charge in [0.25, 0.3) is 5.09 Å². The zero-order valence-electron chi connectivity index (χ0n) is 12.3. The van der Waals surface area contributed by atoms with Crippen molar-refractivity contribution < 1.29 is 20.2 Å². The van der Waals surface area contributed by atoms with Crippen molar-refractivity contribution in [2.75, 3.05) is 0 Å². The molecule has 2 fully saturated rings. The van der Waals surface area contributed by atoms with Crippen molar-refractivity contribution in [3.8, 4) is 0 Å². The summed E-state index contributed by atoms with van der Waals surface area (Å²) in [6.45, 7) is 0. The molecule has 1 aromatic rings. The molecule has 1 aromatic heterocycles. The molecule has 0 aromatic carbocycles. The third-order valence-corrected chi connectivity index (χ3v) is 4.78. The van der Waals surface area contributed by atoms with E-state index in [1.807, 2.05) is 4.57 Å². The average Bonchev–Trinajstić information content (AvgIpc) is 2.95. The molecule has 2 aliphatic carbocycles. The zero-order chi connectivity index (χ0) is 16.1. The highest BCUT2D eigenvalue weighted by Gasteiger charge is 2.36. The summed E-state index contributed by atoms with van der Waals surface area (Å²) in [5.41, 5.74) is 0.353. The number of hydrogen-bond donors (Lipinski definition) is 2. The minimum absolute atomic E-state index is 0.353. The first kappa shape index (κ1) is 16.3. The summed E-state index contributed by atoms with van der Waals surface area (Å²) in [6, 6.07) is 0.359. The largest absolute Gasteiger partial charge is 0.477 e. The number of hydrogen-bond acceptors (Lipinski definition) is 4. The minimum atomic E-state index is -1.50. The Morgan fingerprint density at radius 3 is 2.59 bits per heavy atom. The molecule has 3 rings (SSSR count). The standard InChI is InChI=1S/C14H20N2O2.HNO3/c17-14(18)13-8-15-9-16(13)12-7-3-5-10-4-1-2-6-11(10)12;2-1(3)4/h8-12H,1-7H2,(H,17,18);(H,2,3,4)/t10-,11+,12-;/m1./s1. The van der Waals surface area contributed by atoms with Gasteiger partial charge in [0.15, 0.2) is 0 Å². The Balaban J connectivity index is 0.000000396. The van der Waals surface area contributed by atoms with Crippen molar-refractivity contribution in [1.29, 1.82) is 0 Å². The van der Waals surface area contributed by atoms with Crippen LogP contribution >= 0.6 is 0 Å². The first-order valence-electron chi connectivity index (χ1n) is 7.59. The molecule has 2 saturated carbocycles. The molecule has 8 nitrogen and oxygen atoms in total. The summed E-state index contributed by atoms with van der Waals surface area (Å²) in [5, 5.41) is 22.9. The number of imidazole rings is 1. The number of aromatic carboxylic acids is 1. The van der Waals surface area contributed by atoms with Gasteiger partial charge in [0.05, 0.1) is 12.5 Å². The third kappa shape index (κ3) is 3.75. The second-order valence-corrected chi connectivity index (χ2v) is 5.94. The monoisotopic (exact) mass is 311 g/mol. The van der Waals surface area contributed by atoms with Crippen molar-refractivity contribution >= 4 is 5.97 Å². The van der Waals surface area contributed by atoms with Crippen LogP contribution < -0.4 is 0 Å². The van der Waals surface area contributed by atoms with E-state index in [1.165, 1.54) is 44.7 Å². The third-order valence-electron chi connectivity index (χ3n) is 4.78. The van der Waals surface area contributed by atoms with Crippen LogP contribution in [0.15, 0.2) is 12.5 Å². The molecule has 0 unspecified atom stereocenters. The molecule has 8 heteroatoms. The van der Waals surface area contributed by atoms with Crippen LogP contribution in [0.3, 0.4) is 0 Å². The molecule has 2 aliphatic rings. The van der Waals surface area contributed by atoms with E-state index in [0.29, 0.717) is 17.7 Å². The first-order chi connectivity index (χ1) is 10.5. The van der Waals surface area contributed by atoms with Gasteiger partial charge in [-0.2, -0.15) is 0 Å². The zero-order valence-corrected chi connectivity index (χ0v) is 12.3. The fourth-order valence-electron chi connectivity index (χ4n) is 3.98. The lowest BCUT2D eigenvalue weighted by molar-refractivity contribution is -0.742. The molecule has 3 atom stereocenters. The number of nitrogens with zero attached hydrogens (tertiary/aromatic N) is 3. The highest BCUT2D eigenvalue weighted by Crippen LogP contribution is 2.46. The van der Waals surface area contributed by atoms with E-state index in [1.54, 1.807) is 6.33 Å². The van der Waals surface area contributed by atoms with E-state index in [9.17, 15) is 9.90 Å². The van der Waals surface area contributed by atoms with Gasteiger partial charge in [0, 0.05) is 6.04 Å². The molecule has 0 bridgehead atoms. The molecular formula is C14H21N3O5. The molecular weight excluding hydrogens is 290 g/mol. The maximum absolute atomic E-state index is 11.2. The topological polar surface area (TPSA) is 118 Å². The van der Waals surface area contributed by atoms with Crippen LogP contribution in [0.25, 0.3) is 0 Å². The van der Waals surface area contributed by atoms with E-state index in [4.69, 9.17) is 15.3 Å². The van der Waals surface area contributed by atoms with Gasteiger partial charge in [-0.15, -0.1) is 10.1 Å². The highest BCUT2D eigenvalue weighted by molar-refractivity contribution is 5.85. The Labute approximate surface area is 127 Å². The van der Waals surface area contributed by atoms with E-state index >= 15 is 0 Å². The highest BCUT2D eigenvalue weighted by atomic mass is 16.9. The van der Waals surface area contributed by atoms with Crippen LogP contribution in [-0.2, 0) is 0 Å². The van der Waals surface area contributed by atoms with Gasteiger partial charge in [-0.05, 0) is 24.7 Å². The van der Waals surface area contributed by atoms with Crippen molar-refractivity contribution in [3.63, 3.8) is 0 Å². The van der Waals surface area contributed by atoms with Gasteiger partial charge in [0.1, 0.15) is 5.69 Å². The van der Waals surface area contributed by atoms with Crippen LogP contribution in [0.2, 0.25) is 0 Å². The predicted molar refractivity (Wildman–Crippen MR) is 76.3 cm³/mol. The van der Waals surface area contributed by atoms with E-state index in [2.05, 4.69) is 4.98 Å². The molecule has 2 N–H and O–H groups in total. The van der Waals surface area contributed by atoms with E-state index in [-0.39, 0.29) is 0 Å². The maximum atomic E-state index is 11.2. The number of carboxylic acids is 1. The minimum Gasteiger partial charge on any atom is -0.477 e. The summed E-state index contributed by atoms with van der Waals surface area (Å²) < 4.78 is 1.92.